The van der Waals surface area contributed by atoms with Gasteiger partial charge in [0.1, 0.15) is 33.4 Å². The van der Waals surface area contributed by atoms with Gasteiger partial charge in [0.25, 0.3) is 11.8 Å². The summed E-state index contributed by atoms with van der Waals surface area (Å²) in [6, 6.07) is 20.7. The van der Waals surface area contributed by atoms with Crippen LogP contribution in [0.4, 0.5) is 10.6 Å². The Bertz CT molecular complexity index is 1970. The Morgan fingerprint density at radius 2 is 1.76 bits per heavy atom. The zero-order valence-corrected chi connectivity index (χ0v) is 30.5. The number of nitrogens with zero attached hydrogens (tertiary/aromatic N) is 5. The normalized spacial score (nSPS) is 15.6. The number of aromatic nitrogens is 4. The van der Waals surface area contributed by atoms with E-state index in [-0.39, 0.29) is 23.7 Å². The van der Waals surface area contributed by atoms with Crippen LogP contribution in [0.1, 0.15) is 84.7 Å². The van der Waals surface area contributed by atoms with Crippen LogP contribution in [0.25, 0.3) is 11.6 Å². The average molecular weight is 710 g/mol. The molecule has 1 aliphatic rings. The van der Waals surface area contributed by atoms with Gasteiger partial charge in [-0.2, -0.15) is 0 Å². The van der Waals surface area contributed by atoms with Crippen molar-refractivity contribution in [2.75, 3.05) is 19.0 Å². The number of hydrogen-bond acceptors (Lipinski definition) is 11. The number of nitrogens with one attached hydrogen (secondary N) is 2. The monoisotopic (exact) mass is 709 g/mol. The maximum Gasteiger partial charge on any atom is 0.408 e. The summed E-state index contributed by atoms with van der Waals surface area (Å²) in [6.07, 6.45) is 1.46. The van der Waals surface area contributed by atoms with Crippen molar-refractivity contribution in [3.8, 4) is 17.3 Å². The molecular weight excluding hydrogens is 667 g/mol. The molecular formula is C38H43N7O5S. The quantitative estimate of drug-likeness (QED) is 0.142. The lowest BCUT2D eigenvalue weighted by molar-refractivity contribution is 0.0443. The number of aryl methyl sites for hydroxylation is 1. The van der Waals surface area contributed by atoms with Crippen molar-refractivity contribution >= 4 is 29.2 Å². The van der Waals surface area contributed by atoms with Crippen molar-refractivity contribution in [3.63, 3.8) is 0 Å². The summed E-state index contributed by atoms with van der Waals surface area (Å²) < 4.78 is 17.2. The van der Waals surface area contributed by atoms with Crippen LogP contribution in [0.3, 0.4) is 0 Å². The van der Waals surface area contributed by atoms with Crippen molar-refractivity contribution in [2.45, 2.75) is 77.6 Å². The van der Waals surface area contributed by atoms with Gasteiger partial charge >= 0.3 is 6.09 Å². The molecule has 6 rings (SSSR count). The zero-order chi connectivity index (χ0) is 36.2. The minimum atomic E-state index is -1.13. The first kappa shape index (κ1) is 35.5. The number of hydrogen-bond donors (Lipinski definition) is 2. The van der Waals surface area contributed by atoms with Crippen LogP contribution in [0.5, 0.6) is 5.75 Å². The highest BCUT2D eigenvalue weighted by Gasteiger charge is 2.37. The number of carbonyl (C=O) groups is 2. The number of anilines is 1. The van der Waals surface area contributed by atoms with Crippen molar-refractivity contribution in [3.05, 3.63) is 105 Å². The van der Waals surface area contributed by atoms with E-state index in [1.54, 1.807) is 51.4 Å². The summed E-state index contributed by atoms with van der Waals surface area (Å²) in [4.78, 5) is 38.7. The predicted octanol–water partition coefficient (Wildman–Crippen LogP) is 7.48. The maximum atomic E-state index is 14.2. The third-order valence-corrected chi connectivity index (χ3v) is 9.50. The van der Waals surface area contributed by atoms with E-state index < -0.39 is 17.2 Å². The highest BCUT2D eigenvalue weighted by Crippen LogP contribution is 2.36. The van der Waals surface area contributed by atoms with E-state index in [2.05, 4.69) is 20.8 Å². The van der Waals surface area contributed by atoms with Gasteiger partial charge in [0.2, 0.25) is 5.89 Å². The molecule has 0 aliphatic carbocycles. The fraction of sp³-hybridized carbons (Fsp3) is 0.368. The minimum absolute atomic E-state index is 0.101. The van der Waals surface area contributed by atoms with Gasteiger partial charge in [-0.15, -0.1) is 21.5 Å². The van der Waals surface area contributed by atoms with E-state index in [9.17, 15) is 9.59 Å². The number of benzene rings is 2. The van der Waals surface area contributed by atoms with Crippen LogP contribution in [0, 0.1) is 6.92 Å². The molecule has 51 heavy (non-hydrogen) atoms. The van der Waals surface area contributed by atoms with E-state index in [0.717, 1.165) is 40.4 Å². The first-order chi connectivity index (χ1) is 24.4. The minimum Gasteiger partial charge on any atom is -0.497 e. The van der Waals surface area contributed by atoms with Crippen LogP contribution < -0.4 is 15.4 Å². The smallest absolute Gasteiger partial charge is 0.408 e. The number of amides is 2. The topological polar surface area (TPSA) is 145 Å². The number of alkyl carbamates (subject to hydrolysis) is 1. The lowest BCUT2D eigenvalue weighted by atomic mass is 9.92. The Morgan fingerprint density at radius 1 is 1.00 bits per heavy atom. The second kappa shape index (κ2) is 14.9. The second-order valence-corrected chi connectivity index (χ2v) is 14.7. The van der Waals surface area contributed by atoms with Crippen LogP contribution in [0.15, 0.2) is 76.5 Å². The molecule has 1 fully saturated rings. The van der Waals surface area contributed by atoms with Crippen LogP contribution in [-0.2, 0) is 23.2 Å². The summed E-state index contributed by atoms with van der Waals surface area (Å²) in [7, 11) is 1.63. The summed E-state index contributed by atoms with van der Waals surface area (Å²) in [5.74, 6) is 1.35. The third-order valence-electron chi connectivity index (χ3n) is 8.43. The molecule has 4 heterocycles. The SMILES string of the molecule is COc1ccc(CNc2cc(C(=O)N3CCC[C@@H]3c3nc(C)cs3)cc(-c3nnc([C@@](C)(Cc4ccccc4)NC(=O)OC(C)(C)C)o3)n2)cc1. The molecule has 266 valence electrons. The van der Waals surface area contributed by atoms with Gasteiger partial charge < -0.3 is 29.4 Å². The number of rotatable bonds is 11. The van der Waals surface area contributed by atoms with E-state index in [0.29, 0.717) is 36.6 Å². The Morgan fingerprint density at radius 3 is 2.45 bits per heavy atom. The third kappa shape index (κ3) is 8.72. The fourth-order valence-electron chi connectivity index (χ4n) is 6.00. The molecule has 0 spiro atoms. The van der Waals surface area contributed by atoms with E-state index in [1.165, 1.54) is 0 Å². The molecule has 12 nitrogen and oxygen atoms in total. The van der Waals surface area contributed by atoms with Gasteiger partial charge in [0.15, 0.2) is 0 Å². The van der Waals surface area contributed by atoms with Gasteiger partial charge in [0, 0.05) is 36.1 Å². The molecule has 0 unspecified atom stereocenters. The fourth-order valence-corrected chi connectivity index (χ4v) is 6.95. The first-order valence-electron chi connectivity index (χ1n) is 16.9. The summed E-state index contributed by atoms with van der Waals surface area (Å²) in [6.45, 7) is 10.2. The molecule has 1 saturated heterocycles. The summed E-state index contributed by atoms with van der Waals surface area (Å²) >= 11 is 1.58. The molecule has 2 N–H and O–H groups in total. The number of likely N-dealkylation sites (tertiary alicyclic amines) is 1. The molecule has 0 saturated carbocycles. The van der Waals surface area contributed by atoms with E-state index in [4.69, 9.17) is 23.9 Å². The number of pyridine rings is 1. The molecule has 5 aromatic rings. The van der Waals surface area contributed by atoms with Crippen molar-refractivity contribution in [1.29, 1.82) is 0 Å². The van der Waals surface area contributed by atoms with E-state index >= 15 is 0 Å². The first-order valence-corrected chi connectivity index (χ1v) is 17.8. The number of ether oxygens (including phenoxy) is 2. The van der Waals surface area contributed by atoms with Gasteiger partial charge in [-0.05, 0) is 82.9 Å². The summed E-state index contributed by atoms with van der Waals surface area (Å²) in [5, 5.41) is 18.0. The molecule has 2 amide bonds. The standard InChI is InChI=1S/C38H43N7O5S/c1-24-23-51-33(40-24)30-13-10-18-45(30)34(46)27-19-29(41-31(20-27)39-22-26-14-16-28(48-6)17-15-26)32-43-44-35(49-32)38(5,21-25-11-8-7-9-12-25)42-36(47)50-37(2,3)4/h7-9,11-12,14-17,19-20,23,30H,10,13,18,21-22H2,1-6H3,(H,39,41)(H,42,47)/t30-,38-/m1/s1. The second-order valence-electron chi connectivity index (χ2n) is 13.8. The Labute approximate surface area is 301 Å². The van der Waals surface area contributed by atoms with Crippen molar-refractivity contribution < 1.29 is 23.5 Å². The molecule has 13 heteroatoms. The molecule has 0 bridgehead atoms. The molecule has 2 atom stereocenters. The number of thiazole rings is 1. The Balaban J connectivity index is 1.34. The molecule has 1 aliphatic heterocycles. The van der Waals surface area contributed by atoms with Gasteiger partial charge in [-0.3, -0.25) is 4.79 Å². The van der Waals surface area contributed by atoms with E-state index in [1.807, 2.05) is 78.7 Å². The van der Waals surface area contributed by atoms with Crippen molar-refractivity contribution in [2.24, 2.45) is 0 Å². The molecule has 0 radical (unpaired) electrons. The van der Waals surface area contributed by atoms with Gasteiger partial charge in [-0.25, -0.2) is 14.8 Å². The van der Waals surface area contributed by atoms with Gasteiger partial charge in [-0.1, -0.05) is 42.5 Å². The zero-order valence-electron chi connectivity index (χ0n) is 29.7. The summed E-state index contributed by atoms with van der Waals surface area (Å²) in [5.41, 5.74) is 1.79. The predicted molar refractivity (Wildman–Crippen MR) is 195 cm³/mol. The van der Waals surface area contributed by atoms with Crippen LogP contribution in [-0.4, -0.2) is 56.3 Å². The number of carbonyl (C=O) groups excluding carboxylic acids is 2. The van der Waals surface area contributed by atoms with Gasteiger partial charge in [0.05, 0.1) is 13.2 Å². The Hall–Kier alpha value is -5.30. The number of methoxy groups -OCH3 is 1. The average Bonchev–Trinajstić information content (AvgIpc) is 3.88. The van der Waals surface area contributed by atoms with Crippen LogP contribution >= 0.6 is 11.3 Å². The largest absolute Gasteiger partial charge is 0.497 e. The molecule has 3 aromatic heterocycles. The lowest BCUT2D eigenvalue weighted by Gasteiger charge is -2.29. The van der Waals surface area contributed by atoms with Crippen LogP contribution in [0.2, 0.25) is 0 Å². The highest BCUT2D eigenvalue weighted by atomic mass is 32.1. The van der Waals surface area contributed by atoms with Crippen molar-refractivity contribution in [1.82, 2.24) is 30.4 Å². The maximum absolute atomic E-state index is 14.2. The molecule has 2 aromatic carbocycles. The highest BCUT2D eigenvalue weighted by molar-refractivity contribution is 7.09. The Kier molecular flexibility index (Phi) is 10.4. The lowest BCUT2D eigenvalue weighted by Crippen LogP contribution is -2.47.